The predicted octanol–water partition coefficient (Wildman–Crippen LogP) is 3.18. The first-order valence-corrected chi connectivity index (χ1v) is 8.24. The fourth-order valence-electron chi connectivity index (χ4n) is 2.80. The van der Waals surface area contributed by atoms with E-state index in [1.165, 1.54) is 18.2 Å². The fraction of sp³-hybridized carbons (Fsp3) is 0.389. The predicted molar refractivity (Wildman–Crippen MR) is 87.9 cm³/mol. The van der Waals surface area contributed by atoms with Crippen LogP contribution in [0.15, 0.2) is 47.1 Å². The third-order valence-electron chi connectivity index (χ3n) is 4.10. The number of halogens is 3. The SMILES string of the molecule is O=C(c1cccc(OCC(F)(F)F)c1)N1CCN(Cc2ccco2)CC1. The summed E-state index contributed by atoms with van der Waals surface area (Å²) >= 11 is 0. The summed E-state index contributed by atoms with van der Waals surface area (Å²) < 4.78 is 46.8. The molecule has 8 heteroatoms. The Kier molecular flexibility index (Phi) is 5.51. The van der Waals surface area contributed by atoms with Crippen molar-refractivity contribution in [3.63, 3.8) is 0 Å². The van der Waals surface area contributed by atoms with E-state index >= 15 is 0 Å². The number of alkyl halides is 3. The summed E-state index contributed by atoms with van der Waals surface area (Å²) in [6.45, 7) is 1.82. The highest BCUT2D eigenvalue weighted by Gasteiger charge is 2.28. The van der Waals surface area contributed by atoms with Gasteiger partial charge in [0.2, 0.25) is 0 Å². The van der Waals surface area contributed by atoms with Crippen molar-refractivity contribution in [2.75, 3.05) is 32.8 Å². The number of rotatable bonds is 5. The van der Waals surface area contributed by atoms with Crippen LogP contribution in [0.3, 0.4) is 0 Å². The number of amides is 1. The molecular formula is C18H19F3N2O3. The van der Waals surface area contributed by atoms with E-state index < -0.39 is 12.8 Å². The van der Waals surface area contributed by atoms with Gasteiger partial charge in [-0.1, -0.05) is 6.07 Å². The van der Waals surface area contributed by atoms with E-state index in [2.05, 4.69) is 4.90 Å². The number of nitrogens with zero attached hydrogens (tertiary/aromatic N) is 2. The van der Waals surface area contributed by atoms with Gasteiger partial charge in [0.25, 0.3) is 5.91 Å². The Bertz CT molecular complexity index is 724. The van der Waals surface area contributed by atoms with Crippen LogP contribution < -0.4 is 4.74 Å². The molecule has 0 radical (unpaired) electrons. The normalized spacial score (nSPS) is 15.9. The lowest BCUT2D eigenvalue weighted by Crippen LogP contribution is -2.48. The monoisotopic (exact) mass is 368 g/mol. The molecule has 1 aliphatic heterocycles. The molecule has 3 rings (SSSR count). The number of piperazine rings is 1. The van der Waals surface area contributed by atoms with Gasteiger partial charge in [0.05, 0.1) is 12.8 Å². The lowest BCUT2D eigenvalue weighted by molar-refractivity contribution is -0.153. The van der Waals surface area contributed by atoms with E-state index in [0.29, 0.717) is 38.3 Å². The van der Waals surface area contributed by atoms with Gasteiger partial charge in [0, 0.05) is 31.7 Å². The lowest BCUT2D eigenvalue weighted by atomic mass is 10.1. The highest BCUT2D eigenvalue weighted by atomic mass is 19.4. The van der Waals surface area contributed by atoms with Gasteiger partial charge in [0.15, 0.2) is 6.61 Å². The molecule has 5 nitrogen and oxygen atoms in total. The van der Waals surface area contributed by atoms with Crippen LogP contribution in [0.25, 0.3) is 0 Å². The van der Waals surface area contributed by atoms with Crippen molar-refractivity contribution in [1.82, 2.24) is 9.80 Å². The summed E-state index contributed by atoms with van der Waals surface area (Å²) in [5.41, 5.74) is 0.323. The van der Waals surface area contributed by atoms with Gasteiger partial charge < -0.3 is 14.1 Å². The van der Waals surface area contributed by atoms with E-state index in [1.54, 1.807) is 17.2 Å². The summed E-state index contributed by atoms with van der Waals surface area (Å²) in [6, 6.07) is 9.60. The fourth-order valence-corrected chi connectivity index (χ4v) is 2.80. The third-order valence-corrected chi connectivity index (χ3v) is 4.10. The smallest absolute Gasteiger partial charge is 0.422 e. The Morgan fingerprint density at radius 2 is 1.88 bits per heavy atom. The van der Waals surface area contributed by atoms with Crippen molar-refractivity contribution in [1.29, 1.82) is 0 Å². The minimum atomic E-state index is -4.41. The number of hydrogen-bond acceptors (Lipinski definition) is 4. The average Bonchev–Trinajstić information content (AvgIpc) is 3.13. The summed E-state index contributed by atoms with van der Waals surface area (Å²) in [5.74, 6) is 0.698. The van der Waals surface area contributed by atoms with E-state index in [-0.39, 0.29) is 11.7 Å². The first-order chi connectivity index (χ1) is 12.4. The van der Waals surface area contributed by atoms with Crippen molar-refractivity contribution in [3.8, 4) is 5.75 Å². The molecule has 26 heavy (non-hydrogen) atoms. The Morgan fingerprint density at radius 3 is 2.54 bits per heavy atom. The first kappa shape index (κ1) is 18.3. The van der Waals surface area contributed by atoms with Crippen LogP contribution in [0, 0.1) is 0 Å². The molecule has 0 unspecified atom stereocenters. The van der Waals surface area contributed by atoms with Gasteiger partial charge in [-0.15, -0.1) is 0 Å². The molecule has 2 heterocycles. The van der Waals surface area contributed by atoms with Crippen molar-refractivity contribution >= 4 is 5.91 Å². The minimum Gasteiger partial charge on any atom is -0.484 e. The molecule has 0 bridgehead atoms. The Balaban J connectivity index is 1.55. The highest BCUT2D eigenvalue weighted by Crippen LogP contribution is 2.20. The molecule has 1 saturated heterocycles. The second-order valence-corrected chi connectivity index (χ2v) is 6.08. The molecule has 1 aliphatic rings. The number of furan rings is 1. The van der Waals surface area contributed by atoms with Crippen molar-refractivity contribution in [2.24, 2.45) is 0 Å². The van der Waals surface area contributed by atoms with E-state index in [1.807, 2.05) is 12.1 Å². The summed E-state index contributed by atoms with van der Waals surface area (Å²) in [7, 11) is 0. The average molecular weight is 368 g/mol. The number of carbonyl (C=O) groups excluding carboxylic acids is 1. The summed E-state index contributed by atoms with van der Waals surface area (Å²) in [6.07, 6.45) is -2.78. The largest absolute Gasteiger partial charge is 0.484 e. The second kappa shape index (κ2) is 7.82. The zero-order chi connectivity index (χ0) is 18.6. The Morgan fingerprint density at radius 1 is 1.12 bits per heavy atom. The number of benzene rings is 1. The van der Waals surface area contributed by atoms with Crippen LogP contribution in [0.4, 0.5) is 13.2 Å². The summed E-state index contributed by atoms with van der Waals surface area (Å²) in [4.78, 5) is 16.5. The Hall–Kier alpha value is -2.48. The molecule has 1 amide bonds. The van der Waals surface area contributed by atoms with Gasteiger partial charge >= 0.3 is 6.18 Å². The molecule has 1 aromatic heterocycles. The number of hydrogen-bond donors (Lipinski definition) is 0. The molecule has 0 atom stereocenters. The molecule has 0 spiro atoms. The molecule has 0 aliphatic carbocycles. The summed E-state index contributed by atoms with van der Waals surface area (Å²) in [5, 5.41) is 0. The van der Waals surface area contributed by atoms with Crippen LogP contribution in [0.5, 0.6) is 5.75 Å². The van der Waals surface area contributed by atoms with Crippen LogP contribution >= 0.6 is 0 Å². The highest BCUT2D eigenvalue weighted by molar-refractivity contribution is 5.94. The zero-order valence-corrected chi connectivity index (χ0v) is 14.0. The van der Waals surface area contributed by atoms with Crippen molar-refractivity contribution in [3.05, 3.63) is 54.0 Å². The van der Waals surface area contributed by atoms with Crippen LogP contribution in [0.2, 0.25) is 0 Å². The van der Waals surface area contributed by atoms with Crippen molar-refractivity contribution < 1.29 is 27.1 Å². The number of ether oxygens (including phenoxy) is 1. The molecule has 0 N–H and O–H groups in total. The van der Waals surface area contributed by atoms with Gasteiger partial charge in [-0.05, 0) is 30.3 Å². The van der Waals surface area contributed by atoms with E-state index in [9.17, 15) is 18.0 Å². The molecule has 140 valence electrons. The van der Waals surface area contributed by atoms with Gasteiger partial charge in [-0.2, -0.15) is 13.2 Å². The quantitative estimate of drug-likeness (QED) is 0.813. The van der Waals surface area contributed by atoms with Crippen molar-refractivity contribution in [2.45, 2.75) is 12.7 Å². The standard InChI is InChI=1S/C18H19F3N2O3/c19-18(20,21)13-26-15-4-1-3-14(11-15)17(24)23-8-6-22(7-9-23)12-16-5-2-10-25-16/h1-5,10-11H,6-9,12-13H2. The molecule has 2 aromatic rings. The molecule has 1 aromatic carbocycles. The van der Waals surface area contributed by atoms with E-state index in [0.717, 1.165) is 5.76 Å². The third kappa shape index (κ3) is 5.01. The zero-order valence-electron chi connectivity index (χ0n) is 14.0. The Labute approximate surface area is 148 Å². The minimum absolute atomic E-state index is 0.0321. The molecular weight excluding hydrogens is 349 g/mol. The first-order valence-electron chi connectivity index (χ1n) is 8.24. The van der Waals surface area contributed by atoms with Crippen LogP contribution in [0.1, 0.15) is 16.1 Å². The number of carbonyl (C=O) groups is 1. The molecule has 1 fully saturated rings. The maximum absolute atomic E-state index is 12.6. The van der Waals surface area contributed by atoms with Gasteiger partial charge in [0.1, 0.15) is 11.5 Å². The van der Waals surface area contributed by atoms with Gasteiger partial charge in [-0.25, -0.2) is 0 Å². The maximum Gasteiger partial charge on any atom is 0.422 e. The maximum atomic E-state index is 12.6. The second-order valence-electron chi connectivity index (χ2n) is 6.08. The van der Waals surface area contributed by atoms with Gasteiger partial charge in [-0.3, -0.25) is 9.69 Å². The topological polar surface area (TPSA) is 45.9 Å². The van der Waals surface area contributed by atoms with E-state index in [4.69, 9.17) is 9.15 Å². The van der Waals surface area contributed by atoms with Crippen LogP contribution in [-0.2, 0) is 6.54 Å². The lowest BCUT2D eigenvalue weighted by Gasteiger charge is -2.34. The molecule has 0 saturated carbocycles. The van der Waals surface area contributed by atoms with Crippen LogP contribution in [-0.4, -0.2) is 54.7 Å².